The molecule has 0 aliphatic carbocycles. The predicted octanol–water partition coefficient (Wildman–Crippen LogP) is 2.81. The van der Waals surface area contributed by atoms with Gasteiger partial charge in [0.2, 0.25) is 0 Å². The molecule has 1 rings (SSSR count). The van der Waals surface area contributed by atoms with E-state index in [-0.39, 0.29) is 11.9 Å². The fraction of sp³-hybridized carbons (Fsp3) is 0.588. The lowest BCUT2D eigenvalue weighted by molar-refractivity contribution is -0.159. The van der Waals surface area contributed by atoms with Crippen LogP contribution in [-0.2, 0) is 16.0 Å². The lowest BCUT2D eigenvalue weighted by Crippen LogP contribution is -2.33. The number of benzene rings is 1. The van der Waals surface area contributed by atoms with E-state index >= 15 is 0 Å². The summed E-state index contributed by atoms with van der Waals surface area (Å²) in [7, 11) is 1.66. The Labute approximate surface area is 127 Å². The van der Waals surface area contributed by atoms with Gasteiger partial charge >= 0.3 is 5.97 Å². The fourth-order valence-corrected chi connectivity index (χ4v) is 1.83. The Bertz CT molecular complexity index is 434. The number of hydrogen-bond acceptors (Lipinski definition) is 4. The first-order valence-corrected chi connectivity index (χ1v) is 7.38. The maximum Gasteiger partial charge on any atom is 0.310 e. The molecule has 4 nitrogen and oxygen atoms in total. The maximum absolute atomic E-state index is 11.8. The number of carbonyl (C=O) groups excluding carboxylic acids is 1. The van der Waals surface area contributed by atoms with Crippen molar-refractivity contribution in [3.05, 3.63) is 29.8 Å². The molecule has 1 atom stereocenters. The van der Waals surface area contributed by atoms with Crippen LogP contribution < -0.4 is 10.1 Å². The molecule has 0 bridgehead atoms. The minimum atomic E-state index is -0.422. The molecule has 0 saturated carbocycles. The van der Waals surface area contributed by atoms with Crippen LogP contribution in [0.4, 0.5) is 0 Å². The van der Waals surface area contributed by atoms with Gasteiger partial charge in [-0.05, 0) is 51.4 Å². The molecule has 0 amide bonds. The predicted molar refractivity (Wildman–Crippen MR) is 84.6 cm³/mol. The first-order valence-electron chi connectivity index (χ1n) is 7.38. The summed E-state index contributed by atoms with van der Waals surface area (Å²) in [6.45, 7) is 9.00. The number of nitrogens with one attached hydrogen (secondary N) is 1. The van der Waals surface area contributed by atoms with Gasteiger partial charge in [0, 0.05) is 6.54 Å². The van der Waals surface area contributed by atoms with Gasteiger partial charge < -0.3 is 14.8 Å². The van der Waals surface area contributed by atoms with Gasteiger partial charge in [-0.25, -0.2) is 0 Å². The summed E-state index contributed by atoms with van der Waals surface area (Å²) in [6.07, 6.45) is 0.922. The zero-order valence-corrected chi connectivity index (χ0v) is 13.7. The van der Waals surface area contributed by atoms with Crippen molar-refractivity contribution >= 4 is 5.97 Å². The third-order valence-corrected chi connectivity index (χ3v) is 3.01. The van der Waals surface area contributed by atoms with Crippen molar-refractivity contribution in [3.63, 3.8) is 0 Å². The second-order valence-electron chi connectivity index (χ2n) is 6.24. The van der Waals surface area contributed by atoms with Crippen molar-refractivity contribution in [2.75, 3.05) is 20.2 Å². The van der Waals surface area contributed by atoms with E-state index in [2.05, 4.69) is 17.4 Å². The smallest absolute Gasteiger partial charge is 0.310 e. The van der Waals surface area contributed by atoms with Crippen molar-refractivity contribution in [2.45, 2.75) is 39.7 Å². The Morgan fingerprint density at radius 2 is 1.86 bits per heavy atom. The van der Waals surface area contributed by atoms with Gasteiger partial charge in [-0.15, -0.1) is 0 Å². The summed E-state index contributed by atoms with van der Waals surface area (Å²) in [5.74, 6) is 0.574. The number of rotatable bonds is 7. The topological polar surface area (TPSA) is 47.6 Å². The van der Waals surface area contributed by atoms with Crippen LogP contribution in [0, 0.1) is 5.92 Å². The third kappa shape index (κ3) is 7.14. The number of ether oxygens (including phenoxy) is 2. The second-order valence-corrected chi connectivity index (χ2v) is 6.24. The van der Waals surface area contributed by atoms with Gasteiger partial charge in [-0.1, -0.05) is 19.1 Å². The van der Waals surface area contributed by atoms with Crippen LogP contribution in [0.3, 0.4) is 0 Å². The van der Waals surface area contributed by atoms with Crippen LogP contribution in [0.1, 0.15) is 33.3 Å². The van der Waals surface area contributed by atoms with E-state index < -0.39 is 5.60 Å². The van der Waals surface area contributed by atoms with Crippen molar-refractivity contribution < 1.29 is 14.3 Å². The van der Waals surface area contributed by atoms with Crippen molar-refractivity contribution in [1.29, 1.82) is 0 Å². The van der Waals surface area contributed by atoms with E-state index in [0.29, 0.717) is 6.54 Å². The molecule has 0 fully saturated rings. The quantitative estimate of drug-likeness (QED) is 0.620. The molecule has 21 heavy (non-hydrogen) atoms. The zero-order chi connectivity index (χ0) is 15.9. The molecular weight excluding hydrogens is 266 g/mol. The Morgan fingerprint density at radius 1 is 1.24 bits per heavy atom. The molecule has 0 saturated heterocycles. The van der Waals surface area contributed by atoms with Crippen LogP contribution >= 0.6 is 0 Å². The standard InChI is InChI=1S/C17H27NO3/c1-13(16(19)21-17(2,3)4)12-18-11-10-14-6-8-15(20-5)9-7-14/h6-9,13,18H,10-12H2,1-5H3/t13-/m0/s1. The molecule has 0 aliphatic rings. The molecule has 0 unspecified atom stereocenters. The van der Waals surface area contributed by atoms with E-state index in [0.717, 1.165) is 18.7 Å². The van der Waals surface area contributed by atoms with E-state index in [1.54, 1.807) is 7.11 Å². The van der Waals surface area contributed by atoms with Crippen molar-refractivity contribution in [2.24, 2.45) is 5.92 Å². The number of carbonyl (C=O) groups is 1. The Balaban J connectivity index is 2.25. The molecule has 1 N–H and O–H groups in total. The minimum Gasteiger partial charge on any atom is -0.497 e. The fourth-order valence-electron chi connectivity index (χ4n) is 1.83. The van der Waals surface area contributed by atoms with Gasteiger partial charge in [0.05, 0.1) is 13.0 Å². The summed E-state index contributed by atoms with van der Waals surface area (Å²) >= 11 is 0. The van der Waals surface area contributed by atoms with Crippen LogP contribution in [0.5, 0.6) is 5.75 Å². The number of hydrogen-bond donors (Lipinski definition) is 1. The number of methoxy groups -OCH3 is 1. The van der Waals surface area contributed by atoms with Gasteiger partial charge in [0.15, 0.2) is 0 Å². The van der Waals surface area contributed by atoms with Crippen LogP contribution in [0.25, 0.3) is 0 Å². The number of esters is 1. The summed E-state index contributed by atoms with van der Waals surface area (Å²) in [5, 5.41) is 3.30. The molecule has 0 heterocycles. The molecule has 0 aromatic heterocycles. The highest BCUT2D eigenvalue weighted by Gasteiger charge is 2.21. The maximum atomic E-state index is 11.8. The molecule has 4 heteroatoms. The molecule has 1 aromatic rings. The molecule has 0 aliphatic heterocycles. The van der Waals surface area contributed by atoms with Gasteiger partial charge in [0.1, 0.15) is 11.4 Å². The first-order chi connectivity index (χ1) is 9.81. The Hall–Kier alpha value is -1.55. The lowest BCUT2D eigenvalue weighted by Gasteiger charge is -2.22. The lowest BCUT2D eigenvalue weighted by atomic mass is 10.1. The summed E-state index contributed by atoms with van der Waals surface area (Å²) < 4.78 is 10.5. The molecular formula is C17H27NO3. The van der Waals surface area contributed by atoms with E-state index in [9.17, 15) is 4.79 Å². The largest absolute Gasteiger partial charge is 0.497 e. The van der Waals surface area contributed by atoms with Gasteiger partial charge in [-0.3, -0.25) is 4.79 Å². The first kappa shape index (κ1) is 17.5. The normalized spacial score (nSPS) is 12.8. The van der Waals surface area contributed by atoms with Crippen LogP contribution in [0.15, 0.2) is 24.3 Å². The highest BCUT2D eigenvalue weighted by atomic mass is 16.6. The van der Waals surface area contributed by atoms with Crippen molar-refractivity contribution in [1.82, 2.24) is 5.32 Å². The summed E-state index contributed by atoms with van der Waals surface area (Å²) in [5.41, 5.74) is 0.822. The second kappa shape index (κ2) is 8.03. The van der Waals surface area contributed by atoms with E-state index in [1.165, 1.54) is 5.56 Å². The average Bonchev–Trinajstić information content (AvgIpc) is 2.42. The Morgan fingerprint density at radius 3 is 2.38 bits per heavy atom. The van der Waals surface area contributed by atoms with E-state index in [1.807, 2.05) is 39.8 Å². The molecule has 0 spiro atoms. The Kier molecular flexibility index (Phi) is 6.69. The minimum absolute atomic E-state index is 0.139. The average molecular weight is 293 g/mol. The van der Waals surface area contributed by atoms with Crippen molar-refractivity contribution in [3.8, 4) is 5.75 Å². The molecule has 1 aromatic carbocycles. The van der Waals surface area contributed by atoms with Gasteiger partial charge in [-0.2, -0.15) is 0 Å². The zero-order valence-electron chi connectivity index (χ0n) is 13.7. The third-order valence-electron chi connectivity index (χ3n) is 3.01. The monoisotopic (exact) mass is 293 g/mol. The summed E-state index contributed by atoms with van der Waals surface area (Å²) in [4.78, 5) is 11.8. The van der Waals surface area contributed by atoms with E-state index in [4.69, 9.17) is 9.47 Å². The highest BCUT2D eigenvalue weighted by molar-refractivity contribution is 5.72. The van der Waals surface area contributed by atoms with Crippen LogP contribution in [0.2, 0.25) is 0 Å². The summed E-state index contributed by atoms with van der Waals surface area (Å²) in [6, 6.07) is 8.02. The highest BCUT2D eigenvalue weighted by Crippen LogP contribution is 2.12. The van der Waals surface area contributed by atoms with Crippen LogP contribution in [-0.4, -0.2) is 31.8 Å². The SMILES string of the molecule is COc1ccc(CCNC[C@H](C)C(=O)OC(C)(C)C)cc1. The molecule has 0 radical (unpaired) electrons. The van der Waals surface area contributed by atoms with Gasteiger partial charge in [0.25, 0.3) is 0 Å². The molecule has 118 valence electrons.